The molecule has 1 unspecified atom stereocenters. The zero-order valence-corrected chi connectivity index (χ0v) is 19.5. The molecule has 1 heterocycles. The predicted molar refractivity (Wildman–Crippen MR) is 114 cm³/mol. The minimum Gasteiger partial charge on any atom is -0.389 e. The molecular weight excluding hydrogens is 434 g/mol. The van der Waals surface area contributed by atoms with Gasteiger partial charge in [0.1, 0.15) is 31.3 Å². The molecule has 4 bridgehead atoms. The van der Waals surface area contributed by atoms with Gasteiger partial charge < -0.3 is 19.7 Å². The number of carbonyl (C=O) groups excluding carboxylic acids is 2. The Kier molecular flexibility index (Phi) is 5.27. The molecule has 0 aromatic heterocycles. The molecule has 3 saturated carbocycles. The highest BCUT2D eigenvalue weighted by atomic mass is 19.1. The van der Waals surface area contributed by atoms with Gasteiger partial charge in [-0.1, -0.05) is 27.2 Å². The second-order valence-electron chi connectivity index (χ2n) is 11.3. The Bertz CT molecular complexity index is 907. The summed E-state index contributed by atoms with van der Waals surface area (Å²) in [5, 5.41) is 20.2. The Balaban J connectivity index is 1.69. The Morgan fingerprint density at radius 3 is 2.61 bits per heavy atom. The summed E-state index contributed by atoms with van der Waals surface area (Å²) in [5.74, 6) is -2.09. The van der Waals surface area contributed by atoms with Crippen molar-refractivity contribution in [1.82, 2.24) is 0 Å². The van der Waals surface area contributed by atoms with E-state index in [1.165, 1.54) is 6.08 Å². The summed E-state index contributed by atoms with van der Waals surface area (Å²) in [4.78, 5) is 25.5. The summed E-state index contributed by atoms with van der Waals surface area (Å²) < 4.78 is 45.6. The van der Waals surface area contributed by atoms with Crippen molar-refractivity contribution < 1.29 is 38.1 Å². The van der Waals surface area contributed by atoms with Gasteiger partial charge in [0.05, 0.1) is 17.6 Å². The molecule has 184 valence electrons. The molecule has 4 fully saturated rings. The van der Waals surface area contributed by atoms with E-state index in [0.717, 1.165) is 0 Å². The Morgan fingerprint density at radius 2 is 1.94 bits per heavy atom. The minimum absolute atomic E-state index is 0.0363. The van der Waals surface area contributed by atoms with E-state index < -0.39 is 76.4 Å². The van der Waals surface area contributed by atoms with Crippen molar-refractivity contribution in [3.05, 3.63) is 11.6 Å². The minimum atomic E-state index is -1.95. The molecule has 33 heavy (non-hydrogen) atoms. The normalized spacial score (nSPS) is 53.1. The summed E-state index contributed by atoms with van der Waals surface area (Å²) >= 11 is 0. The molecule has 6 nitrogen and oxygen atoms in total. The van der Waals surface area contributed by atoms with Gasteiger partial charge in [0.25, 0.3) is 0 Å². The number of carbonyl (C=O) groups is 2. The van der Waals surface area contributed by atoms with Crippen LogP contribution in [0.5, 0.6) is 0 Å². The maximum atomic E-state index is 17.7. The Labute approximate surface area is 192 Å². The molecule has 10 atom stereocenters. The average Bonchev–Trinajstić information content (AvgIpc) is 2.98. The molecule has 5 aliphatic rings. The number of hydrogen-bond acceptors (Lipinski definition) is 6. The summed E-state index contributed by atoms with van der Waals surface area (Å²) in [6.45, 7) is 4.58. The molecule has 1 saturated heterocycles. The van der Waals surface area contributed by atoms with Crippen LogP contribution >= 0.6 is 0 Å². The van der Waals surface area contributed by atoms with Crippen LogP contribution in [0.2, 0.25) is 0 Å². The molecule has 2 N–H and O–H groups in total. The van der Waals surface area contributed by atoms with E-state index in [4.69, 9.17) is 9.47 Å². The first-order valence-electron chi connectivity index (χ1n) is 12.2. The summed E-state index contributed by atoms with van der Waals surface area (Å²) in [6.07, 6.45) is -1.84. The topological polar surface area (TPSA) is 93.1 Å². The first-order valence-corrected chi connectivity index (χ1v) is 12.2. The number of ketones is 2. The smallest absolute Gasteiger partial charge is 0.184 e. The molecule has 0 aromatic carbocycles. The fourth-order valence-electron chi connectivity index (χ4n) is 8.83. The van der Waals surface area contributed by atoms with E-state index in [-0.39, 0.29) is 38.9 Å². The zero-order chi connectivity index (χ0) is 24.0. The summed E-state index contributed by atoms with van der Waals surface area (Å²) in [7, 11) is 0. The first kappa shape index (κ1) is 23.5. The van der Waals surface area contributed by atoms with Gasteiger partial charge in [0.2, 0.25) is 0 Å². The van der Waals surface area contributed by atoms with Gasteiger partial charge in [0.15, 0.2) is 11.6 Å². The number of aliphatic hydroxyl groups excluding tert-OH is 2. The van der Waals surface area contributed by atoms with E-state index in [1.54, 1.807) is 6.92 Å². The van der Waals surface area contributed by atoms with Crippen molar-refractivity contribution in [3.8, 4) is 0 Å². The monoisotopic (exact) mass is 468 g/mol. The van der Waals surface area contributed by atoms with Crippen LogP contribution in [-0.2, 0) is 19.1 Å². The number of hydrogen-bond donors (Lipinski definition) is 2. The number of halogens is 2. The molecule has 1 aliphatic heterocycles. The molecule has 0 amide bonds. The lowest BCUT2D eigenvalue weighted by molar-refractivity contribution is -0.292. The highest BCUT2D eigenvalue weighted by molar-refractivity contribution is 5.95. The van der Waals surface area contributed by atoms with Gasteiger partial charge in [0, 0.05) is 11.3 Å². The molecule has 0 aromatic rings. The summed E-state index contributed by atoms with van der Waals surface area (Å²) in [5.41, 5.74) is -4.89. The maximum absolute atomic E-state index is 17.7. The molecule has 5 rings (SSSR count). The van der Waals surface area contributed by atoms with Crippen molar-refractivity contribution in [2.24, 2.45) is 28.1 Å². The van der Waals surface area contributed by atoms with Crippen molar-refractivity contribution in [2.45, 2.75) is 89.4 Å². The predicted octanol–water partition coefficient (Wildman–Crippen LogP) is 2.84. The lowest BCUT2D eigenvalue weighted by Crippen LogP contribution is -2.72. The van der Waals surface area contributed by atoms with Crippen LogP contribution in [0.15, 0.2) is 11.6 Å². The van der Waals surface area contributed by atoms with Crippen LogP contribution in [0.3, 0.4) is 0 Å². The quantitative estimate of drug-likeness (QED) is 0.659. The number of Topliss-reactive ketones (excluding diaryl/α,β-unsaturated/α-hetero) is 1. The van der Waals surface area contributed by atoms with Gasteiger partial charge >= 0.3 is 0 Å². The number of rotatable bonds is 4. The third kappa shape index (κ3) is 2.61. The lowest BCUT2D eigenvalue weighted by atomic mass is 9.41. The van der Waals surface area contributed by atoms with Crippen LogP contribution in [0, 0.1) is 28.1 Å². The van der Waals surface area contributed by atoms with Crippen molar-refractivity contribution in [3.63, 3.8) is 0 Å². The van der Waals surface area contributed by atoms with Crippen LogP contribution in [0.4, 0.5) is 8.78 Å². The van der Waals surface area contributed by atoms with Crippen LogP contribution < -0.4 is 0 Å². The van der Waals surface area contributed by atoms with E-state index >= 15 is 8.78 Å². The first-order chi connectivity index (χ1) is 15.5. The van der Waals surface area contributed by atoms with Crippen molar-refractivity contribution in [2.75, 3.05) is 13.4 Å². The van der Waals surface area contributed by atoms with E-state index in [1.807, 2.05) is 13.8 Å². The fraction of sp³-hybridized carbons (Fsp3) is 0.840. The van der Waals surface area contributed by atoms with Gasteiger partial charge in [-0.05, 0) is 55.1 Å². The molecule has 8 heteroatoms. The van der Waals surface area contributed by atoms with Gasteiger partial charge in [-0.25, -0.2) is 8.78 Å². The second-order valence-corrected chi connectivity index (χ2v) is 11.3. The molecular formula is C25H34F2O6. The maximum Gasteiger partial charge on any atom is 0.184 e. The lowest BCUT2D eigenvalue weighted by Gasteiger charge is -2.66. The summed E-state index contributed by atoms with van der Waals surface area (Å²) in [6, 6.07) is 0. The van der Waals surface area contributed by atoms with Crippen LogP contribution in [0.1, 0.15) is 59.3 Å². The number of alkyl halides is 2. The van der Waals surface area contributed by atoms with Crippen molar-refractivity contribution in [1.29, 1.82) is 0 Å². The molecule has 0 radical (unpaired) electrons. The number of ether oxygens (including phenoxy) is 2. The number of aliphatic hydroxyl groups is 2. The van der Waals surface area contributed by atoms with Crippen LogP contribution in [-0.4, -0.2) is 65.3 Å². The molecule has 0 spiro atoms. The zero-order valence-electron chi connectivity index (χ0n) is 19.5. The van der Waals surface area contributed by atoms with Gasteiger partial charge in [-0.2, -0.15) is 0 Å². The largest absolute Gasteiger partial charge is 0.389 e. The highest BCUT2D eigenvalue weighted by Gasteiger charge is 2.78. The second kappa shape index (κ2) is 7.39. The third-order valence-corrected chi connectivity index (χ3v) is 10.3. The van der Waals surface area contributed by atoms with E-state index in [9.17, 15) is 19.8 Å². The highest BCUT2D eigenvalue weighted by Crippen LogP contribution is 2.74. The fourth-order valence-corrected chi connectivity index (χ4v) is 8.83. The van der Waals surface area contributed by atoms with E-state index in [2.05, 4.69) is 0 Å². The van der Waals surface area contributed by atoms with Gasteiger partial charge in [-0.3, -0.25) is 9.59 Å². The van der Waals surface area contributed by atoms with E-state index in [0.29, 0.717) is 12.0 Å². The SMILES string of the molecule is CCC[C@]1(C(=O)CO)[C@H](F)C[C@H]2[C@@H]3C[C@@H]4OCO[C@H](C[C@@]21C)[C@]3(F)[C@@]1(C)CC(O)C(=O)C=C41. The third-order valence-electron chi connectivity index (χ3n) is 10.3. The van der Waals surface area contributed by atoms with Crippen LogP contribution in [0.25, 0.3) is 0 Å². The average molecular weight is 469 g/mol. The molecule has 4 aliphatic carbocycles. The van der Waals surface area contributed by atoms with Crippen molar-refractivity contribution >= 4 is 11.6 Å². The number of fused-ring (bicyclic) bond motifs is 4. The van der Waals surface area contributed by atoms with Gasteiger partial charge in [-0.15, -0.1) is 0 Å². The standard InChI is InChI=1S/C25H34F2O6/c1-4-5-24(20(31)11-28)19(26)8-13-14-7-18-15-6-16(29)17(30)9-23(15,3)25(14,27)21(33-12-32-18)10-22(13,24)2/h6,13-14,17-19,21,28,30H,4-5,7-12H2,1-3H3/t13-,14-,17?,18-,19+,21+,22-,23-,24+,25-/m0/s1. The Hall–Kier alpha value is -1.22. The Morgan fingerprint density at radius 1 is 1.21 bits per heavy atom.